The molecule has 0 spiro atoms. The summed E-state index contributed by atoms with van der Waals surface area (Å²) in [6, 6.07) is 7.42. The Balaban J connectivity index is 2.30. The number of pyridine rings is 1. The van der Waals surface area contributed by atoms with Crippen LogP contribution in [0, 0.1) is 3.57 Å². The first-order valence-electron chi connectivity index (χ1n) is 5.48. The minimum absolute atomic E-state index is 0.369. The highest BCUT2D eigenvalue weighted by molar-refractivity contribution is 14.1. The molecule has 1 heterocycles. The number of halogens is 1. The molecular formula is C13H10INO2. The fourth-order valence-electron chi connectivity index (χ4n) is 1.99. The second kappa shape index (κ2) is 3.94. The highest BCUT2D eigenvalue weighted by atomic mass is 127. The van der Waals surface area contributed by atoms with Crippen molar-refractivity contribution in [1.82, 2.24) is 4.98 Å². The summed E-state index contributed by atoms with van der Waals surface area (Å²) < 4.78 is 1.08. The van der Waals surface area contributed by atoms with Crippen molar-refractivity contribution >= 4 is 39.5 Å². The third-order valence-corrected chi connectivity index (χ3v) is 3.69. The molecule has 86 valence electrons. The topological polar surface area (TPSA) is 50.2 Å². The summed E-state index contributed by atoms with van der Waals surface area (Å²) in [5.41, 5.74) is 2.09. The lowest BCUT2D eigenvalue weighted by atomic mass is 10.1. The molecule has 0 amide bonds. The second-order valence-electron chi connectivity index (χ2n) is 4.34. The third kappa shape index (κ3) is 2.01. The standard InChI is InChI=1S/C13H10INO2/c14-8-3-4-9-10(13(16)17)6-11(7-1-2-7)15-12(9)5-8/h3-7H,1-2H2,(H,16,17). The van der Waals surface area contributed by atoms with Crippen LogP contribution in [0.3, 0.4) is 0 Å². The SMILES string of the molecule is O=C(O)c1cc(C2CC2)nc2cc(I)ccc12. The predicted octanol–water partition coefficient (Wildman–Crippen LogP) is 3.42. The minimum Gasteiger partial charge on any atom is -0.478 e. The molecule has 1 saturated carbocycles. The van der Waals surface area contributed by atoms with Gasteiger partial charge in [-0.3, -0.25) is 4.98 Å². The van der Waals surface area contributed by atoms with Crippen molar-refractivity contribution in [2.24, 2.45) is 0 Å². The zero-order chi connectivity index (χ0) is 12.0. The average Bonchev–Trinajstić information content (AvgIpc) is 3.10. The maximum Gasteiger partial charge on any atom is 0.336 e. The molecule has 1 aliphatic rings. The molecule has 1 aromatic heterocycles. The first-order valence-corrected chi connectivity index (χ1v) is 6.56. The number of aromatic carboxylic acids is 1. The Morgan fingerprint density at radius 3 is 2.76 bits per heavy atom. The zero-order valence-corrected chi connectivity index (χ0v) is 11.1. The molecule has 0 saturated heterocycles. The van der Waals surface area contributed by atoms with Crippen molar-refractivity contribution in [3.8, 4) is 0 Å². The van der Waals surface area contributed by atoms with Crippen LogP contribution in [0.4, 0.5) is 0 Å². The maximum absolute atomic E-state index is 11.3. The number of nitrogens with zero attached hydrogens (tertiary/aromatic N) is 1. The molecule has 1 aliphatic carbocycles. The summed E-state index contributed by atoms with van der Waals surface area (Å²) in [5.74, 6) is -0.407. The van der Waals surface area contributed by atoms with Gasteiger partial charge in [0.2, 0.25) is 0 Å². The van der Waals surface area contributed by atoms with E-state index in [0.29, 0.717) is 11.5 Å². The van der Waals surface area contributed by atoms with Gasteiger partial charge in [0, 0.05) is 20.6 Å². The van der Waals surface area contributed by atoms with E-state index in [2.05, 4.69) is 27.6 Å². The van der Waals surface area contributed by atoms with E-state index in [-0.39, 0.29) is 0 Å². The Morgan fingerprint density at radius 2 is 2.12 bits per heavy atom. The van der Waals surface area contributed by atoms with E-state index in [4.69, 9.17) is 0 Å². The molecule has 4 heteroatoms. The Kier molecular flexibility index (Phi) is 2.54. The highest BCUT2D eigenvalue weighted by Crippen LogP contribution is 2.40. The summed E-state index contributed by atoms with van der Waals surface area (Å²) in [4.78, 5) is 15.8. The summed E-state index contributed by atoms with van der Waals surface area (Å²) in [7, 11) is 0. The van der Waals surface area contributed by atoms with Gasteiger partial charge >= 0.3 is 5.97 Å². The van der Waals surface area contributed by atoms with Gasteiger partial charge in [-0.15, -0.1) is 0 Å². The van der Waals surface area contributed by atoms with Gasteiger partial charge in [-0.1, -0.05) is 6.07 Å². The van der Waals surface area contributed by atoms with E-state index < -0.39 is 5.97 Å². The number of aromatic nitrogens is 1. The lowest BCUT2D eigenvalue weighted by Gasteiger charge is -2.06. The van der Waals surface area contributed by atoms with Crippen LogP contribution in [0.5, 0.6) is 0 Å². The quantitative estimate of drug-likeness (QED) is 0.853. The van der Waals surface area contributed by atoms with Gasteiger partial charge < -0.3 is 5.11 Å². The summed E-state index contributed by atoms with van der Waals surface area (Å²) in [5, 5.41) is 9.97. The van der Waals surface area contributed by atoms with Crippen molar-refractivity contribution in [2.75, 3.05) is 0 Å². The van der Waals surface area contributed by atoms with Crippen LogP contribution in [0.25, 0.3) is 10.9 Å². The molecule has 3 nitrogen and oxygen atoms in total. The van der Waals surface area contributed by atoms with E-state index in [1.165, 1.54) is 0 Å². The molecule has 0 unspecified atom stereocenters. The van der Waals surface area contributed by atoms with E-state index in [9.17, 15) is 9.90 Å². The van der Waals surface area contributed by atoms with Gasteiger partial charge in [0.1, 0.15) is 0 Å². The summed E-state index contributed by atoms with van der Waals surface area (Å²) in [6.07, 6.45) is 2.25. The van der Waals surface area contributed by atoms with E-state index in [1.54, 1.807) is 6.07 Å². The van der Waals surface area contributed by atoms with Crippen molar-refractivity contribution in [2.45, 2.75) is 18.8 Å². The van der Waals surface area contributed by atoms with E-state index in [1.807, 2.05) is 18.2 Å². The zero-order valence-electron chi connectivity index (χ0n) is 8.98. The van der Waals surface area contributed by atoms with Gasteiger partial charge in [0.25, 0.3) is 0 Å². The molecule has 0 radical (unpaired) electrons. The molecule has 3 rings (SSSR count). The van der Waals surface area contributed by atoms with Crippen molar-refractivity contribution in [3.63, 3.8) is 0 Å². The van der Waals surface area contributed by atoms with Gasteiger partial charge in [-0.05, 0) is 53.6 Å². The second-order valence-corrected chi connectivity index (χ2v) is 5.58. The number of carboxylic acids is 1. The first kappa shape index (κ1) is 11.0. The molecular weight excluding hydrogens is 329 g/mol. The lowest BCUT2D eigenvalue weighted by molar-refractivity contribution is 0.0699. The highest BCUT2D eigenvalue weighted by Gasteiger charge is 2.26. The summed E-state index contributed by atoms with van der Waals surface area (Å²) >= 11 is 2.21. The van der Waals surface area contributed by atoms with Gasteiger partial charge in [-0.2, -0.15) is 0 Å². The molecule has 2 aromatic rings. The minimum atomic E-state index is -0.875. The number of carbonyl (C=O) groups is 1. The van der Waals surface area contributed by atoms with Crippen molar-refractivity contribution in [1.29, 1.82) is 0 Å². The molecule has 0 bridgehead atoms. The van der Waals surface area contributed by atoms with Crippen LogP contribution in [-0.4, -0.2) is 16.1 Å². The number of rotatable bonds is 2. The van der Waals surface area contributed by atoms with Crippen LogP contribution in [0.15, 0.2) is 24.3 Å². The normalized spacial score (nSPS) is 15.1. The fourth-order valence-corrected chi connectivity index (χ4v) is 2.46. The van der Waals surface area contributed by atoms with Crippen LogP contribution < -0.4 is 0 Å². The molecule has 1 aromatic carbocycles. The number of benzene rings is 1. The number of hydrogen-bond donors (Lipinski definition) is 1. The number of fused-ring (bicyclic) bond motifs is 1. The number of hydrogen-bond acceptors (Lipinski definition) is 2. The fraction of sp³-hybridized carbons (Fsp3) is 0.231. The van der Waals surface area contributed by atoms with Crippen LogP contribution in [-0.2, 0) is 0 Å². The average molecular weight is 339 g/mol. The van der Waals surface area contributed by atoms with Gasteiger partial charge in [0.05, 0.1) is 11.1 Å². The first-order chi connectivity index (χ1) is 8.15. The largest absolute Gasteiger partial charge is 0.478 e. The summed E-state index contributed by atoms with van der Waals surface area (Å²) in [6.45, 7) is 0. The predicted molar refractivity (Wildman–Crippen MR) is 73.4 cm³/mol. The molecule has 0 atom stereocenters. The molecule has 0 aliphatic heterocycles. The van der Waals surface area contributed by atoms with Crippen LogP contribution in [0.2, 0.25) is 0 Å². The van der Waals surface area contributed by atoms with Crippen LogP contribution in [0.1, 0.15) is 34.8 Å². The lowest BCUT2D eigenvalue weighted by Crippen LogP contribution is -2.01. The third-order valence-electron chi connectivity index (χ3n) is 3.02. The smallest absolute Gasteiger partial charge is 0.336 e. The molecule has 1 fully saturated rings. The maximum atomic E-state index is 11.3. The monoisotopic (exact) mass is 339 g/mol. The Morgan fingerprint density at radius 1 is 1.35 bits per heavy atom. The Bertz CT molecular complexity index is 620. The van der Waals surface area contributed by atoms with Gasteiger partial charge in [0.15, 0.2) is 0 Å². The van der Waals surface area contributed by atoms with Crippen molar-refractivity contribution < 1.29 is 9.90 Å². The van der Waals surface area contributed by atoms with Gasteiger partial charge in [-0.25, -0.2) is 4.79 Å². The number of carboxylic acid groups (broad SMARTS) is 1. The van der Waals surface area contributed by atoms with Crippen molar-refractivity contribution in [3.05, 3.63) is 39.1 Å². The van der Waals surface area contributed by atoms with E-state index in [0.717, 1.165) is 33.0 Å². The molecule has 17 heavy (non-hydrogen) atoms. The Hall–Kier alpha value is -1.17. The van der Waals surface area contributed by atoms with Crippen LogP contribution >= 0.6 is 22.6 Å². The molecule has 1 N–H and O–H groups in total. The Labute approximate surface area is 112 Å². The van der Waals surface area contributed by atoms with E-state index >= 15 is 0 Å².